The number of benzene rings is 2. The predicted octanol–water partition coefficient (Wildman–Crippen LogP) is 3.55. The number of anilines is 1. The largest absolute Gasteiger partial charge is 0.352 e. The summed E-state index contributed by atoms with van der Waals surface area (Å²) in [7, 11) is 0. The van der Waals surface area contributed by atoms with Crippen LogP contribution < -0.4 is 4.90 Å². The molecule has 2 aromatic carbocycles. The van der Waals surface area contributed by atoms with Crippen molar-refractivity contribution in [1.82, 2.24) is 14.9 Å². The predicted molar refractivity (Wildman–Crippen MR) is 113 cm³/mol. The van der Waals surface area contributed by atoms with Crippen LogP contribution in [0.25, 0.3) is 0 Å². The molecule has 146 valence electrons. The number of hydrogen-bond acceptors (Lipinski definition) is 4. The molecule has 5 rings (SSSR count). The molecule has 3 aromatic rings. The number of carbonyl (C=O) groups excluding carboxylic acids is 1. The molecule has 0 unspecified atom stereocenters. The quantitative estimate of drug-likeness (QED) is 0.678. The fourth-order valence-corrected chi connectivity index (χ4v) is 4.35. The van der Waals surface area contributed by atoms with Crippen molar-refractivity contribution in [1.29, 1.82) is 0 Å². The van der Waals surface area contributed by atoms with Gasteiger partial charge in [-0.3, -0.25) is 4.79 Å². The first-order chi connectivity index (χ1) is 14.2. The molecule has 1 aromatic heterocycles. The standard InChI is InChI=1S/C24H24N4O/c1-17-25-22(24(29)28-13-11-19-7-3-5-9-21(19)16-28)14-23(26-17)27-12-10-18-6-2-4-8-20(18)15-27/h2-9,14H,10-13,15-16H2,1H3. The van der Waals surface area contributed by atoms with Crippen molar-refractivity contribution in [2.75, 3.05) is 18.0 Å². The van der Waals surface area contributed by atoms with Crippen molar-refractivity contribution < 1.29 is 4.79 Å². The van der Waals surface area contributed by atoms with Crippen LogP contribution in [0.15, 0.2) is 54.6 Å². The molecule has 0 radical (unpaired) electrons. The van der Waals surface area contributed by atoms with Crippen LogP contribution in [0, 0.1) is 6.92 Å². The minimum atomic E-state index is -0.0105. The van der Waals surface area contributed by atoms with Gasteiger partial charge in [0.2, 0.25) is 0 Å². The van der Waals surface area contributed by atoms with Gasteiger partial charge in [-0.2, -0.15) is 0 Å². The third-order valence-corrected chi connectivity index (χ3v) is 5.92. The summed E-state index contributed by atoms with van der Waals surface area (Å²) < 4.78 is 0. The number of rotatable bonds is 2. The number of aryl methyl sites for hydroxylation is 1. The first-order valence-electron chi connectivity index (χ1n) is 10.2. The van der Waals surface area contributed by atoms with Crippen molar-refractivity contribution in [3.63, 3.8) is 0 Å². The van der Waals surface area contributed by atoms with Crippen LogP contribution in [0.5, 0.6) is 0 Å². The number of carbonyl (C=O) groups is 1. The molecule has 5 nitrogen and oxygen atoms in total. The van der Waals surface area contributed by atoms with Gasteiger partial charge < -0.3 is 9.80 Å². The molecule has 3 heterocycles. The summed E-state index contributed by atoms with van der Waals surface area (Å²) in [4.78, 5) is 26.5. The molecule has 1 amide bonds. The molecule has 0 spiro atoms. The Hall–Kier alpha value is -3.21. The molecule has 2 aliphatic rings. The van der Waals surface area contributed by atoms with Crippen LogP contribution in [0.4, 0.5) is 5.82 Å². The number of fused-ring (bicyclic) bond motifs is 2. The molecular formula is C24H24N4O. The molecule has 2 aliphatic heterocycles. The Morgan fingerprint density at radius 1 is 0.828 bits per heavy atom. The Bertz CT molecular complexity index is 1080. The lowest BCUT2D eigenvalue weighted by atomic mass is 9.99. The minimum Gasteiger partial charge on any atom is -0.352 e. The lowest BCUT2D eigenvalue weighted by molar-refractivity contribution is 0.0728. The van der Waals surface area contributed by atoms with Crippen molar-refractivity contribution in [2.24, 2.45) is 0 Å². The van der Waals surface area contributed by atoms with E-state index in [4.69, 9.17) is 0 Å². The fraction of sp³-hybridized carbons (Fsp3) is 0.292. The molecule has 0 saturated heterocycles. The van der Waals surface area contributed by atoms with E-state index in [0.29, 0.717) is 18.1 Å². The van der Waals surface area contributed by atoms with E-state index >= 15 is 0 Å². The fourth-order valence-electron chi connectivity index (χ4n) is 4.35. The van der Waals surface area contributed by atoms with E-state index in [-0.39, 0.29) is 5.91 Å². The summed E-state index contributed by atoms with van der Waals surface area (Å²) in [5, 5.41) is 0. The number of nitrogens with zero attached hydrogens (tertiary/aromatic N) is 4. The van der Waals surface area contributed by atoms with Crippen LogP contribution in [-0.4, -0.2) is 33.9 Å². The van der Waals surface area contributed by atoms with Gasteiger partial charge in [0.25, 0.3) is 5.91 Å². The zero-order valence-corrected chi connectivity index (χ0v) is 16.6. The summed E-state index contributed by atoms with van der Waals surface area (Å²) in [5.74, 6) is 1.47. The van der Waals surface area contributed by atoms with Crippen LogP contribution in [-0.2, 0) is 25.9 Å². The smallest absolute Gasteiger partial charge is 0.272 e. The van der Waals surface area contributed by atoms with Crippen LogP contribution in [0.3, 0.4) is 0 Å². The summed E-state index contributed by atoms with van der Waals surface area (Å²) >= 11 is 0. The zero-order valence-electron chi connectivity index (χ0n) is 16.6. The topological polar surface area (TPSA) is 49.3 Å². The van der Waals surface area contributed by atoms with E-state index in [1.807, 2.05) is 24.0 Å². The van der Waals surface area contributed by atoms with E-state index in [1.54, 1.807) is 0 Å². The van der Waals surface area contributed by atoms with Gasteiger partial charge in [-0.05, 0) is 42.0 Å². The van der Waals surface area contributed by atoms with Gasteiger partial charge >= 0.3 is 0 Å². The normalized spacial score (nSPS) is 15.6. The van der Waals surface area contributed by atoms with E-state index in [2.05, 4.69) is 57.3 Å². The van der Waals surface area contributed by atoms with Gasteiger partial charge in [0, 0.05) is 32.2 Å². The first kappa shape index (κ1) is 17.9. The molecule has 0 aliphatic carbocycles. The number of aromatic nitrogens is 2. The third kappa shape index (κ3) is 3.48. The molecule has 0 N–H and O–H groups in total. The third-order valence-electron chi connectivity index (χ3n) is 5.92. The number of hydrogen-bond donors (Lipinski definition) is 0. The van der Waals surface area contributed by atoms with E-state index in [0.717, 1.165) is 38.3 Å². The van der Waals surface area contributed by atoms with Gasteiger partial charge in [-0.25, -0.2) is 9.97 Å². The Morgan fingerprint density at radius 3 is 2.17 bits per heavy atom. The van der Waals surface area contributed by atoms with Crippen LogP contribution in [0.1, 0.15) is 38.6 Å². The Morgan fingerprint density at radius 2 is 1.45 bits per heavy atom. The van der Waals surface area contributed by atoms with Crippen LogP contribution in [0.2, 0.25) is 0 Å². The van der Waals surface area contributed by atoms with E-state index < -0.39 is 0 Å². The maximum Gasteiger partial charge on any atom is 0.272 e. The van der Waals surface area contributed by atoms with Crippen molar-refractivity contribution in [2.45, 2.75) is 32.9 Å². The first-order valence-corrected chi connectivity index (χ1v) is 10.2. The Balaban J connectivity index is 1.39. The average Bonchev–Trinajstić information content (AvgIpc) is 2.77. The number of amides is 1. The van der Waals surface area contributed by atoms with Gasteiger partial charge in [-0.1, -0.05) is 48.5 Å². The molecule has 0 fully saturated rings. The van der Waals surface area contributed by atoms with Crippen molar-refractivity contribution in [3.8, 4) is 0 Å². The zero-order chi connectivity index (χ0) is 19.8. The molecule has 0 saturated carbocycles. The monoisotopic (exact) mass is 384 g/mol. The van der Waals surface area contributed by atoms with E-state index in [1.165, 1.54) is 22.3 Å². The molecule has 0 bridgehead atoms. The highest BCUT2D eigenvalue weighted by Crippen LogP contribution is 2.25. The summed E-state index contributed by atoms with van der Waals surface area (Å²) in [6, 6.07) is 18.8. The second-order valence-electron chi connectivity index (χ2n) is 7.84. The highest BCUT2D eigenvalue weighted by molar-refractivity contribution is 5.93. The second kappa shape index (κ2) is 7.32. The summed E-state index contributed by atoms with van der Waals surface area (Å²) in [6.45, 7) is 4.95. The molecule has 29 heavy (non-hydrogen) atoms. The van der Waals surface area contributed by atoms with Crippen LogP contribution >= 0.6 is 0 Å². The summed E-state index contributed by atoms with van der Waals surface area (Å²) in [5.41, 5.74) is 5.79. The Labute approximate surface area is 171 Å². The van der Waals surface area contributed by atoms with Gasteiger partial charge in [-0.15, -0.1) is 0 Å². The van der Waals surface area contributed by atoms with E-state index in [9.17, 15) is 4.79 Å². The van der Waals surface area contributed by atoms with Gasteiger partial charge in [0.15, 0.2) is 0 Å². The second-order valence-corrected chi connectivity index (χ2v) is 7.84. The van der Waals surface area contributed by atoms with Gasteiger partial charge in [0.1, 0.15) is 17.3 Å². The maximum atomic E-state index is 13.2. The lowest BCUT2D eigenvalue weighted by Gasteiger charge is -2.31. The highest BCUT2D eigenvalue weighted by Gasteiger charge is 2.25. The Kier molecular flexibility index (Phi) is 4.51. The minimum absolute atomic E-state index is 0.0105. The SMILES string of the molecule is Cc1nc(C(=O)N2CCc3ccccc3C2)cc(N2CCc3ccccc3C2)n1. The highest BCUT2D eigenvalue weighted by atomic mass is 16.2. The molecular weight excluding hydrogens is 360 g/mol. The molecule has 0 atom stereocenters. The lowest BCUT2D eigenvalue weighted by Crippen LogP contribution is -2.37. The van der Waals surface area contributed by atoms with Gasteiger partial charge in [0.05, 0.1) is 0 Å². The van der Waals surface area contributed by atoms with Crippen molar-refractivity contribution >= 4 is 11.7 Å². The average molecular weight is 384 g/mol. The van der Waals surface area contributed by atoms with Crippen molar-refractivity contribution in [3.05, 3.63) is 88.4 Å². The maximum absolute atomic E-state index is 13.2. The molecule has 5 heteroatoms. The summed E-state index contributed by atoms with van der Waals surface area (Å²) in [6.07, 6.45) is 1.88.